The van der Waals surface area contributed by atoms with Crippen LogP contribution in [0.25, 0.3) is 0 Å². The van der Waals surface area contributed by atoms with Crippen LogP contribution in [-0.4, -0.2) is 37.8 Å². The molecule has 3 unspecified atom stereocenters. The van der Waals surface area contributed by atoms with Gasteiger partial charge in [-0.2, -0.15) is 4.31 Å². The molecule has 0 aromatic heterocycles. The molecule has 1 amide bonds. The van der Waals surface area contributed by atoms with Crippen LogP contribution in [0.2, 0.25) is 0 Å². The van der Waals surface area contributed by atoms with E-state index in [1.165, 1.54) is 0 Å². The topological polar surface area (TPSA) is 92.5 Å². The van der Waals surface area contributed by atoms with Gasteiger partial charge in [-0.15, -0.1) is 0 Å². The third-order valence-electron chi connectivity index (χ3n) is 5.72. The van der Waals surface area contributed by atoms with Crippen LogP contribution in [-0.2, 0) is 21.2 Å². The second-order valence-electron chi connectivity index (χ2n) is 7.21. The molecule has 3 atom stereocenters. The fraction of sp³-hybridized carbons (Fsp3) is 0.588. The Labute approximate surface area is 142 Å². The van der Waals surface area contributed by atoms with E-state index in [-0.39, 0.29) is 11.9 Å². The number of anilines is 1. The van der Waals surface area contributed by atoms with Gasteiger partial charge in [0.1, 0.15) is 0 Å². The van der Waals surface area contributed by atoms with E-state index >= 15 is 0 Å². The molecule has 1 saturated carbocycles. The van der Waals surface area contributed by atoms with Gasteiger partial charge in [0.2, 0.25) is 15.9 Å². The average molecular weight is 349 g/mol. The predicted octanol–water partition coefficient (Wildman–Crippen LogP) is 1.32. The Morgan fingerprint density at radius 2 is 2.00 bits per heavy atom. The van der Waals surface area contributed by atoms with Crippen molar-refractivity contribution < 1.29 is 13.2 Å². The molecule has 3 aliphatic rings. The average Bonchev–Trinajstić information content (AvgIpc) is 3.06. The summed E-state index contributed by atoms with van der Waals surface area (Å²) >= 11 is 0. The number of sulfonamides is 1. The summed E-state index contributed by atoms with van der Waals surface area (Å²) in [4.78, 5) is 12.0. The second-order valence-corrected chi connectivity index (χ2v) is 9.15. The summed E-state index contributed by atoms with van der Waals surface area (Å²) in [5, 5.41) is 2.84. The van der Waals surface area contributed by atoms with Crippen LogP contribution in [0, 0.1) is 11.8 Å². The molecular weight excluding hydrogens is 326 g/mol. The van der Waals surface area contributed by atoms with Gasteiger partial charge in [-0.05, 0) is 61.3 Å². The van der Waals surface area contributed by atoms with Crippen LogP contribution in [0.5, 0.6) is 0 Å². The largest absolute Gasteiger partial charge is 0.327 e. The minimum atomic E-state index is -3.50. The number of nitrogens with two attached hydrogens (primary N) is 1. The maximum atomic E-state index is 13.0. The molecule has 3 N–H and O–H groups in total. The number of nitrogens with zero attached hydrogens (tertiary/aromatic N) is 1. The van der Waals surface area contributed by atoms with Crippen molar-refractivity contribution in [1.29, 1.82) is 0 Å². The molecule has 2 fully saturated rings. The van der Waals surface area contributed by atoms with Gasteiger partial charge in [0.15, 0.2) is 0 Å². The molecule has 2 aliphatic heterocycles. The van der Waals surface area contributed by atoms with Gasteiger partial charge < -0.3 is 11.1 Å². The van der Waals surface area contributed by atoms with Crippen LogP contribution < -0.4 is 11.1 Å². The zero-order valence-electron chi connectivity index (χ0n) is 13.6. The molecule has 1 aromatic rings. The van der Waals surface area contributed by atoms with E-state index in [0.29, 0.717) is 42.7 Å². The Kier molecular flexibility index (Phi) is 3.89. The Morgan fingerprint density at radius 1 is 1.17 bits per heavy atom. The molecule has 1 aromatic carbocycles. The second kappa shape index (κ2) is 5.82. The van der Waals surface area contributed by atoms with Crippen molar-refractivity contribution in [3.63, 3.8) is 0 Å². The van der Waals surface area contributed by atoms with Crippen molar-refractivity contribution in [2.75, 3.05) is 18.4 Å². The van der Waals surface area contributed by atoms with Crippen LogP contribution in [0.4, 0.5) is 5.69 Å². The van der Waals surface area contributed by atoms with Crippen molar-refractivity contribution in [3.05, 3.63) is 23.8 Å². The normalized spacial score (nSPS) is 30.5. The van der Waals surface area contributed by atoms with E-state index in [9.17, 15) is 13.2 Å². The first kappa shape index (κ1) is 16.1. The zero-order valence-corrected chi connectivity index (χ0v) is 14.4. The minimum Gasteiger partial charge on any atom is -0.327 e. The lowest BCUT2D eigenvalue weighted by Gasteiger charge is -2.19. The fourth-order valence-electron chi connectivity index (χ4n) is 4.32. The van der Waals surface area contributed by atoms with Crippen LogP contribution in [0.15, 0.2) is 23.1 Å². The number of carbonyl (C=O) groups excluding carboxylic acids is 1. The highest BCUT2D eigenvalue weighted by atomic mass is 32.2. The summed E-state index contributed by atoms with van der Waals surface area (Å²) in [7, 11) is -3.50. The number of aryl methyl sites for hydroxylation is 1. The molecule has 1 saturated heterocycles. The summed E-state index contributed by atoms with van der Waals surface area (Å²) in [6.07, 6.45) is 3.96. The van der Waals surface area contributed by atoms with Crippen LogP contribution in [0.1, 0.15) is 31.2 Å². The lowest BCUT2D eigenvalue weighted by atomic mass is 9.98. The minimum absolute atomic E-state index is 0.00860. The van der Waals surface area contributed by atoms with Gasteiger partial charge in [-0.1, -0.05) is 0 Å². The van der Waals surface area contributed by atoms with Crippen LogP contribution >= 0.6 is 0 Å². The highest BCUT2D eigenvalue weighted by Crippen LogP contribution is 2.39. The van der Waals surface area contributed by atoms with Crippen LogP contribution in [0.3, 0.4) is 0 Å². The highest BCUT2D eigenvalue weighted by Gasteiger charge is 2.45. The van der Waals surface area contributed by atoms with E-state index in [1.807, 2.05) is 0 Å². The maximum absolute atomic E-state index is 13.0. The van der Waals surface area contributed by atoms with Crippen molar-refractivity contribution in [2.24, 2.45) is 17.6 Å². The van der Waals surface area contributed by atoms with E-state index in [0.717, 1.165) is 30.5 Å². The zero-order chi connectivity index (χ0) is 16.9. The number of benzene rings is 1. The number of hydrogen-bond acceptors (Lipinski definition) is 4. The summed E-state index contributed by atoms with van der Waals surface area (Å²) in [6.45, 7) is 1.11. The molecule has 4 rings (SSSR count). The third-order valence-corrected chi connectivity index (χ3v) is 7.54. The molecule has 24 heavy (non-hydrogen) atoms. The molecule has 7 heteroatoms. The van der Waals surface area contributed by atoms with Gasteiger partial charge in [-0.3, -0.25) is 4.79 Å². The summed E-state index contributed by atoms with van der Waals surface area (Å²) in [5.74, 6) is 0.681. The van der Waals surface area contributed by atoms with Crippen molar-refractivity contribution in [3.8, 4) is 0 Å². The lowest BCUT2D eigenvalue weighted by Crippen LogP contribution is -2.33. The predicted molar refractivity (Wildman–Crippen MR) is 91.0 cm³/mol. The molecule has 0 spiro atoms. The molecule has 6 nitrogen and oxygen atoms in total. The van der Waals surface area contributed by atoms with E-state index in [2.05, 4.69) is 5.32 Å². The molecular formula is C17H23N3O3S. The van der Waals surface area contributed by atoms with Gasteiger partial charge >= 0.3 is 0 Å². The number of fused-ring (bicyclic) bond motifs is 2. The summed E-state index contributed by atoms with van der Waals surface area (Å²) < 4.78 is 27.6. The number of amides is 1. The highest BCUT2D eigenvalue weighted by molar-refractivity contribution is 7.89. The molecule has 2 heterocycles. The maximum Gasteiger partial charge on any atom is 0.243 e. The smallest absolute Gasteiger partial charge is 0.243 e. The molecule has 130 valence electrons. The Morgan fingerprint density at radius 3 is 2.79 bits per heavy atom. The first-order valence-corrected chi connectivity index (χ1v) is 10.1. The van der Waals surface area contributed by atoms with E-state index in [1.54, 1.807) is 22.5 Å². The van der Waals surface area contributed by atoms with Gasteiger partial charge in [0.05, 0.1) is 4.90 Å². The number of nitrogens with one attached hydrogen (secondary N) is 1. The lowest BCUT2D eigenvalue weighted by molar-refractivity contribution is -0.116. The van der Waals surface area contributed by atoms with Gasteiger partial charge in [0, 0.05) is 31.2 Å². The number of rotatable bonds is 2. The first-order valence-electron chi connectivity index (χ1n) is 8.63. The number of hydrogen-bond donors (Lipinski definition) is 2. The Balaban J connectivity index is 1.61. The fourth-order valence-corrected chi connectivity index (χ4v) is 5.91. The van der Waals surface area contributed by atoms with Gasteiger partial charge in [0.25, 0.3) is 0 Å². The van der Waals surface area contributed by atoms with Crippen molar-refractivity contribution in [1.82, 2.24) is 4.31 Å². The van der Waals surface area contributed by atoms with Gasteiger partial charge in [-0.25, -0.2) is 8.42 Å². The monoisotopic (exact) mass is 349 g/mol. The third kappa shape index (κ3) is 2.64. The molecule has 0 bridgehead atoms. The van der Waals surface area contributed by atoms with E-state index < -0.39 is 10.0 Å². The van der Waals surface area contributed by atoms with Crippen molar-refractivity contribution in [2.45, 2.75) is 43.0 Å². The number of carbonyl (C=O) groups is 1. The Bertz CT molecular complexity index is 777. The Hall–Kier alpha value is -1.44. The summed E-state index contributed by atoms with van der Waals surface area (Å²) in [6, 6.07) is 5.17. The first-order chi connectivity index (χ1) is 11.4. The molecule has 0 radical (unpaired) electrons. The SMILES string of the molecule is NC1CCC2CN(S(=O)(=O)c3ccc4c(c3)CCCC(=O)N4)CC12. The quantitative estimate of drug-likeness (QED) is 0.842. The van der Waals surface area contributed by atoms with Crippen molar-refractivity contribution >= 4 is 21.6 Å². The van der Waals surface area contributed by atoms with E-state index in [4.69, 9.17) is 5.73 Å². The summed E-state index contributed by atoms with van der Waals surface area (Å²) in [5.41, 5.74) is 7.76. The standard InChI is InChI=1S/C17H23N3O3S/c18-15-6-4-12-9-20(10-14(12)15)24(22,23)13-5-7-16-11(8-13)2-1-3-17(21)19-16/h5,7-8,12,14-15H,1-4,6,9-10,18H2,(H,19,21). The molecule has 1 aliphatic carbocycles.